The summed E-state index contributed by atoms with van der Waals surface area (Å²) in [6.45, 7) is 2.02. The van der Waals surface area contributed by atoms with Crippen LogP contribution in [0.3, 0.4) is 0 Å². The van der Waals surface area contributed by atoms with Gasteiger partial charge in [-0.15, -0.1) is 10.2 Å². The van der Waals surface area contributed by atoms with Crippen LogP contribution in [0.25, 0.3) is 11.4 Å². The Morgan fingerprint density at radius 2 is 1.88 bits per heavy atom. The Bertz CT molecular complexity index is 892. The van der Waals surface area contributed by atoms with Gasteiger partial charge in [0.1, 0.15) is 5.82 Å². The van der Waals surface area contributed by atoms with Crippen molar-refractivity contribution in [3.63, 3.8) is 0 Å². The molecule has 1 amide bonds. The van der Waals surface area contributed by atoms with Gasteiger partial charge in [0.2, 0.25) is 5.91 Å². The van der Waals surface area contributed by atoms with Gasteiger partial charge >= 0.3 is 0 Å². The number of aromatic nitrogens is 3. The van der Waals surface area contributed by atoms with Gasteiger partial charge in [0, 0.05) is 18.3 Å². The number of anilines is 1. The van der Waals surface area contributed by atoms with Crippen LogP contribution in [0.1, 0.15) is 5.56 Å². The van der Waals surface area contributed by atoms with Crippen molar-refractivity contribution < 1.29 is 9.18 Å². The molecular weight excluding hydrogens is 339 g/mol. The van der Waals surface area contributed by atoms with E-state index in [1.165, 1.54) is 36.0 Å². The smallest absolute Gasteiger partial charge is 0.234 e. The summed E-state index contributed by atoms with van der Waals surface area (Å²) in [5.74, 6) is 0.434. The molecule has 0 aliphatic rings. The highest BCUT2D eigenvalue weighted by Gasteiger charge is 2.14. The third kappa shape index (κ3) is 4.06. The largest absolute Gasteiger partial charge is 0.325 e. The fourth-order valence-corrected chi connectivity index (χ4v) is 3.07. The number of benzene rings is 2. The van der Waals surface area contributed by atoms with Gasteiger partial charge in [0.05, 0.1) is 5.75 Å². The fraction of sp³-hybridized carbons (Fsp3) is 0.167. The van der Waals surface area contributed by atoms with Crippen molar-refractivity contribution in [2.45, 2.75) is 12.1 Å². The lowest BCUT2D eigenvalue weighted by Crippen LogP contribution is -2.14. The highest BCUT2D eigenvalue weighted by molar-refractivity contribution is 7.99. The Morgan fingerprint density at radius 1 is 1.16 bits per heavy atom. The number of hydrogen-bond donors (Lipinski definition) is 1. The van der Waals surface area contributed by atoms with Gasteiger partial charge < -0.3 is 9.88 Å². The second-order valence-electron chi connectivity index (χ2n) is 5.52. The minimum Gasteiger partial charge on any atom is -0.325 e. The summed E-state index contributed by atoms with van der Waals surface area (Å²) in [5.41, 5.74) is 2.69. The Labute approximate surface area is 149 Å². The normalized spacial score (nSPS) is 10.7. The summed E-state index contributed by atoms with van der Waals surface area (Å²) in [7, 11) is 1.88. The van der Waals surface area contributed by atoms with Crippen LogP contribution in [-0.2, 0) is 11.8 Å². The van der Waals surface area contributed by atoms with E-state index in [4.69, 9.17) is 0 Å². The Kier molecular flexibility index (Phi) is 5.14. The van der Waals surface area contributed by atoms with Crippen LogP contribution < -0.4 is 5.32 Å². The number of carbonyl (C=O) groups excluding carboxylic acids is 1. The van der Waals surface area contributed by atoms with E-state index in [-0.39, 0.29) is 17.5 Å². The maximum Gasteiger partial charge on any atom is 0.234 e. The van der Waals surface area contributed by atoms with Gasteiger partial charge in [-0.2, -0.15) is 0 Å². The van der Waals surface area contributed by atoms with Crippen LogP contribution in [0.2, 0.25) is 0 Å². The maximum absolute atomic E-state index is 12.9. The van der Waals surface area contributed by atoms with Crippen molar-refractivity contribution in [3.05, 3.63) is 59.9 Å². The zero-order valence-electron chi connectivity index (χ0n) is 13.9. The standard InChI is InChI=1S/C18H17FN4OS/c1-12-5-3-4-6-15(12)17-21-22-18(23(17)2)25-11-16(24)20-14-9-7-13(19)8-10-14/h3-10H,11H2,1-2H3,(H,20,24). The number of halogens is 1. The lowest BCUT2D eigenvalue weighted by Gasteiger charge is -2.07. The molecule has 0 unspecified atom stereocenters. The molecule has 2 aromatic carbocycles. The van der Waals surface area contributed by atoms with Crippen molar-refractivity contribution in [3.8, 4) is 11.4 Å². The maximum atomic E-state index is 12.9. The third-order valence-corrected chi connectivity index (χ3v) is 4.70. The molecule has 25 heavy (non-hydrogen) atoms. The molecule has 0 aliphatic carbocycles. The summed E-state index contributed by atoms with van der Waals surface area (Å²) in [6, 6.07) is 13.6. The quantitative estimate of drug-likeness (QED) is 0.709. The fourth-order valence-electron chi connectivity index (χ4n) is 2.36. The molecule has 0 spiro atoms. The van der Waals surface area contributed by atoms with Crippen LogP contribution in [0, 0.1) is 12.7 Å². The molecule has 1 N–H and O–H groups in total. The number of amides is 1. The molecule has 0 saturated heterocycles. The van der Waals surface area contributed by atoms with Crippen LogP contribution in [0.4, 0.5) is 10.1 Å². The average Bonchev–Trinajstić information content (AvgIpc) is 2.96. The predicted molar refractivity (Wildman–Crippen MR) is 96.9 cm³/mol. The zero-order valence-corrected chi connectivity index (χ0v) is 14.7. The molecule has 0 fully saturated rings. The molecule has 5 nitrogen and oxygen atoms in total. The summed E-state index contributed by atoms with van der Waals surface area (Å²) < 4.78 is 14.7. The van der Waals surface area contributed by atoms with Crippen LogP contribution in [-0.4, -0.2) is 26.4 Å². The number of nitrogens with one attached hydrogen (secondary N) is 1. The first kappa shape index (κ1) is 17.2. The van der Waals surface area contributed by atoms with Crippen molar-refractivity contribution in [2.75, 3.05) is 11.1 Å². The van der Waals surface area contributed by atoms with Crippen LogP contribution in [0.5, 0.6) is 0 Å². The Hall–Kier alpha value is -2.67. The first-order chi connectivity index (χ1) is 12.0. The number of hydrogen-bond acceptors (Lipinski definition) is 4. The lowest BCUT2D eigenvalue weighted by molar-refractivity contribution is -0.113. The number of carbonyl (C=O) groups is 1. The molecule has 0 radical (unpaired) electrons. The van der Waals surface area contributed by atoms with Crippen molar-refractivity contribution in [2.24, 2.45) is 7.05 Å². The molecule has 3 aromatic rings. The van der Waals surface area contributed by atoms with E-state index in [0.29, 0.717) is 10.8 Å². The van der Waals surface area contributed by atoms with Gasteiger partial charge in [-0.25, -0.2) is 4.39 Å². The second-order valence-corrected chi connectivity index (χ2v) is 6.47. The highest BCUT2D eigenvalue weighted by Crippen LogP contribution is 2.25. The molecule has 128 valence electrons. The number of aryl methyl sites for hydroxylation is 1. The Morgan fingerprint density at radius 3 is 2.60 bits per heavy atom. The van der Waals surface area contributed by atoms with Crippen molar-refractivity contribution in [1.82, 2.24) is 14.8 Å². The molecule has 3 rings (SSSR count). The zero-order chi connectivity index (χ0) is 17.8. The van der Waals surface area contributed by atoms with Crippen molar-refractivity contribution >= 4 is 23.4 Å². The third-order valence-electron chi connectivity index (χ3n) is 3.68. The monoisotopic (exact) mass is 356 g/mol. The summed E-state index contributed by atoms with van der Waals surface area (Å²) in [6.07, 6.45) is 0. The van der Waals surface area contributed by atoms with E-state index in [1.54, 1.807) is 0 Å². The minimum absolute atomic E-state index is 0.183. The number of thioether (sulfide) groups is 1. The predicted octanol–water partition coefficient (Wildman–Crippen LogP) is 3.66. The molecule has 0 aliphatic heterocycles. The topological polar surface area (TPSA) is 59.8 Å². The summed E-state index contributed by atoms with van der Waals surface area (Å²) in [5, 5.41) is 11.8. The van der Waals surface area contributed by atoms with E-state index >= 15 is 0 Å². The van der Waals surface area contributed by atoms with Crippen molar-refractivity contribution in [1.29, 1.82) is 0 Å². The molecule has 0 atom stereocenters. The van der Waals surface area contributed by atoms with Gasteiger partial charge in [0.25, 0.3) is 0 Å². The number of nitrogens with zero attached hydrogens (tertiary/aromatic N) is 3. The van der Waals surface area contributed by atoms with E-state index < -0.39 is 0 Å². The molecule has 0 saturated carbocycles. The first-order valence-corrected chi connectivity index (χ1v) is 8.67. The first-order valence-electron chi connectivity index (χ1n) is 7.68. The van der Waals surface area contributed by atoms with Gasteiger partial charge in [-0.05, 0) is 36.8 Å². The lowest BCUT2D eigenvalue weighted by atomic mass is 10.1. The van der Waals surface area contributed by atoms with E-state index in [1.807, 2.05) is 42.8 Å². The van der Waals surface area contributed by atoms with E-state index in [0.717, 1.165) is 17.0 Å². The minimum atomic E-state index is -0.338. The SMILES string of the molecule is Cc1ccccc1-c1nnc(SCC(=O)Nc2ccc(F)cc2)n1C. The van der Waals surface area contributed by atoms with Crippen LogP contribution in [0.15, 0.2) is 53.7 Å². The van der Waals surface area contributed by atoms with Gasteiger partial charge in [-0.1, -0.05) is 36.0 Å². The molecule has 1 aromatic heterocycles. The molecule has 0 bridgehead atoms. The number of rotatable bonds is 5. The van der Waals surface area contributed by atoms with Crippen LogP contribution >= 0.6 is 11.8 Å². The molecular formula is C18H17FN4OS. The second kappa shape index (κ2) is 7.48. The summed E-state index contributed by atoms with van der Waals surface area (Å²) in [4.78, 5) is 12.0. The van der Waals surface area contributed by atoms with E-state index in [2.05, 4.69) is 15.5 Å². The average molecular weight is 356 g/mol. The summed E-state index contributed by atoms with van der Waals surface area (Å²) >= 11 is 1.30. The van der Waals surface area contributed by atoms with E-state index in [9.17, 15) is 9.18 Å². The highest BCUT2D eigenvalue weighted by atomic mass is 32.2. The Balaban J connectivity index is 1.65. The van der Waals surface area contributed by atoms with Gasteiger partial charge in [0.15, 0.2) is 11.0 Å². The molecule has 7 heteroatoms. The molecule has 1 heterocycles. The van der Waals surface area contributed by atoms with Gasteiger partial charge in [-0.3, -0.25) is 4.79 Å².